The van der Waals surface area contributed by atoms with Crippen LogP contribution in [0.15, 0.2) is 24.3 Å². The molecule has 3 nitrogen and oxygen atoms in total. The highest BCUT2D eigenvalue weighted by molar-refractivity contribution is 7.98. The summed E-state index contributed by atoms with van der Waals surface area (Å²) in [5, 5.41) is 3.03. The number of carbonyl (C=O) groups excluding carboxylic acids is 1. The number of amides is 1. The molecule has 0 bridgehead atoms. The van der Waals surface area contributed by atoms with Crippen LogP contribution in [0.3, 0.4) is 0 Å². The molecule has 0 fully saturated rings. The quantitative estimate of drug-likeness (QED) is 0.844. The van der Waals surface area contributed by atoms with Gasteiger partial charge in [0.25, 0.3) is 0 Å². The van der Waals surface area contributed by atoms with E-state index in [4.69, 9.17) is 5.73 Å². The number of thioether (sulfide) groups is 1. The third-order valence-electron chi connectivity index (χ3n) is 3.99. The molecule has 5 heteroatoms. The van der Waals surface area contributed by atoms with Crippen molar-refractivity contribution in [2.45, 2.75) is 37.6 Å². The summed E-state index contributed by atoms with van der Waals surface area (Å²) in [5.74, 6) is 1.36. The zero-order chi connectivity index (χ0) is 14.4. The Morgan fingerprint density at radius 2 is 2.24 bits per heavy atom. The van der Waals surface area contributed by atoms with E-state index < -0.39 is 0 Å². The van der Waals surface area contributed by atoms with Gasteiger partial charge in [-0.1, -0.05) is 24.3 Å². The Morgan fingerprint density at radius 3 is 3.00 bits per heavy atom. The number of benzene rings is 1. The van der Waals surface area contributed by atoms with E-state index >= 15 is 0 Å². The summed E-state index contributed by atoms with van der Waals surface area (Å²) < 4.78 is 0. The van der Waals surface area contributed by atoms with Crippen molar-refractivity contribution >= 4 is 30.1 Å². The Balaban J connectivity index is 0.00000220. The highest BCUT2D eigenvalue weighted by atomic mass is 35.5. The second kappa shape index (κ2) is 9.34. The van der Waals surface area contributed by atoms with E-state index in [1.54, 1.807) is 11.8 Å². The fourth-order valence-corrected chi connectivity index (χ4v) is 3.29. The van der Waals surface area contributed by atoms with Crippen molar-refractivity contribution < 1.29 is 4.79 Å². The molecule has 0 aliphatic heterocycles. The minimum absolute atomic E-state index is 0. The molecule has 1 aromatic carbocycles. The van der Waals surface area contributed by atoms with Crippen LogP contribution in [0, 0.1) is 0 Å². The molecule has 1 aromatic rings. The van der Waals surface area contributed by atoms with Crippen molar-refractivity contribution in [1.82, 2.24) is 5.32 Å². The molecule has 1 amide bonds. The standard InChI is InChI=1S/C16H24N2OS.ClH/c1-20-10-9-15(17)16(19)18-11-13-7-4-6-12-5-2-3-8-14(12)13;/h2-3,5,8,13,15H,4,6-7,9-11,17H2,1H3,(H,18,19);1H. The van der Waals surface area contributed by atoms with Crippen molar-refractivity contribution in [3.05, 3.63) is 35.4 Å². The van der Waals surface area contributed by atoms with Gasteiger partial charge in [0.2, 0.25) is 5.91 Å². The normalized spacial score (nSPS) is 18.3. The van der Waals surface area contributed by atoms with Gasteiger partial charge >= 0.3 is 0 Å². The second-order valence-corrected chi connectivity index (χ2v) is 6.41. The number of hydrogen-bond donors (Lipinski definition) is 2. The molecule has 2 unspecified atom stereocenters. The average molecular weight is 329 g/mol. The lowest BCUT2D eigenvalue weighted by molar-refractivity contribution is -0.122. The maximum Gasteiger partial charge on any atom is 0.236 e. The van der Waals surface area contributed by atoms with Gasteiger partial charge in [0.15, 0.2) is 0 Å². The van der Waals surface area contributed by atoms with E-state index in [1.807, 2.05) is 6.26 Å². The molecule has 0 saturated carbocycles. The summed E-state index contributed by atoms with van der Waals surface area (Å²) in [6.45, 7) is 0.711. The summed E-state index contributed by atoms with van der Waals surface area (Å²) in [4.78, 5) is 12.0. The number of nitrogens with one attached hydrogen (secondary N) is 1. The second-order valence-electron chi connectivity index (χ2n) is 5.42. The molecular formula is C16H25ClN2OS. The molecule has 0 saturated heterocycles. The van der Waals surface area contributed by atoms with E-state index in [2.05, 4.69) is 29.6 Å². The van der Waals surface area contributed by atoms with E-state index in [0.29, 0.717) is 12.5 Å². The highest BCUT2D eigenvalue weighted by Crippen LogP contribution is 2.30. The third-order valence-corrected chi connectivity index (χ3v) is 4.63. The van der Waals surface area contributed by atoms with Crippen LogP contribution in [0.5, 0.6) is 0 Å². The Kier molecular flexibility index (Phi) is 8.15. The van der Waals surface area contributed by atoms with Gasteiger partial charge in [0.05, 0.1) is 6.04 Å². The molecule has 0 aromatic heterocycles. The number of nitrogens with two attached hydrogens (primary N) is 1. The average Bonchev–Trinajstić information content (AvgIpc) is 2.50. The number of hydrogen-bond acceptors (Lipinski definition) is 3. The fraction of sp³-hybridized carbons (Fsp3) is 0.562. The Labute approximate surface area is 137 Å². The van der Waals surface area contributed by atoms with Crippen LogP contribution in [0.25, 0.3) is 0 Å². The fourth-order valence-electron chi connectivity index (χ4n) is 2.80. The molecular weight excluding hydrogens is 304 g/mol. The first-order chi connectivity index (χ1) is 9.72. The number of carbonyl (C=O) groups is 1. The number of rotatable bonds is 6. The van der Waals surface area contributed by atoms with Gasteiger partial charge in [-0.25, -0.2) is 0 Å². The van der Waals surface area contributed by atoms with Crippen molar-refractivity contribution in [3.63, 3.8) is 0 Å². The molecule has 1 aliphatic carbocycles. The van der Waals surface area contributed by atoms with Crippen LogP contribution in [0.2, 0.25) is 0 Å². The predicted octanol–water partition coefficient (Wildman–Crippen LogP) is 2.72. The first-order valence-corrected chi connectivity index (χ1v) is 8.71. The predicted molar refractivity (Wildman–Crippen MR) is 93.4 cm³/mol. The molecule has 21 heavy (non-hydrogen) atoms. The number of halogens is 1. The van der Waals surface area contributed by atoms with Crippen molar-refractivity contribution in [2.75, 3.05) is 18.6 Å². The van der Waals surface area contributed by atoms with Crippen molar-refractivity contribution in [2.24, 2.45) is 5.73 Å². The summed E-state index contributed by atoms with van der Waals surface area (Å²) in [6, 6.07) is 8.20. The van der Waals surface area contributed by atoms with Crippen LogP contribution in [0.4, 0.5) is 0 Å². The Morgan fingerprint density at radius 1 is 1.48 bits per heavy atom. The minimum Gasteiger partial charge on any atom is -0.354 e. The van der Waals surface area contributed by atoms with E-state index in [0.717, 1.165) is 25.0 Å². The summed E-state index contributed by atoms with van der Waals surface area (Å²) in [6.07, 6.45) is 6.29. The molecule has 118 valence electrons. The van der Waals surface area contributed by atoms with Gasteiger partial charge in [-0.15, -0.1) is 12.4 Å². The van der Waals surface area contributed by atoms with Gasteiger partial charge in [0.1, 0.15) is 0 Å². The van der Waals surface area contributed by atoms with Gasteiger partial charge in [-0.2, -0.15) is 11.8 Å². The minimum atomic E-state index is -0.374. The summed E-state index contributed by atoms with van der Waals surface area (Å²) in [7, 11) is 0. The van der Waals surface area contributed by atoms with Crippen LogP contribution in [0.1, 0.15) is 36.3 Å². The zero-order valence-electron chi connectivity index (χ0n) is 12.5. The van der Waals surface area contributed by atoms with Gasteiger partial charge in [-0.05, 0) is 48.8 Å². The van der Waals surface area contributed by atoms with Gasteiger partial charge in [-0.3, -0.25) is 4.79 Å². The molecule has 2 rings (SSSR count). The van der Waals surface area contributed by atoms with E-state index in [9.17, 15) is 4.79 Å². The highest BCUT2D eigenvalue weighted by Gasteiger charge is 2.21. The topological polar surface area (TPSA) is 55.1 Å². The molecule has 1 aliphatic rings. The van der Waals surface area contributed by atoms with Crippen molar-refractivity contribution in [1.29, 1.82) is 0 Å². The zero-order valence-corrected chi connectivity index (χ0v) is 14.1. The third kappa shape index (κ3) is 5.20. The van der Waals surface area contributed by atoms with Gasteiger partial charge < -0.3 is 11.1 Å². The molecule has 3 N–H and O–H groups in total. The van der Waals surface area contributed by atoms with Crippen LogP contribution >= 0.6 is 24.2 Å². The smallest absolute Gasteiger partial charge is 0.236 e. The van der Waals surface area contributed by atoms with Crippen LogP contribution < -0.4 is 11.1 Å². The summed E-state index contributed by atoms with van der Waals surface area (Å²) in [5.41, 5.74) is 8.72. The summed E-state index contributed by atoms with van der Waals surface area (Å²) >= 11 is 1.72. The van der Waals surface area contributed by atoms with Gasteiger partial charge in [0, 0.05) is 12.5 Å². The monoisotopic (exact) mass is 328 g/mol. The molecule has 2 atom stereocenters. The lowest BCUT2D eigenvalue weighted by Crippen LogP contribution is -2.42. The van der Waals surface area contributed by atoms with Crippen LogP contribution in [-0.4, -0.2) is 30.5 Å². The Bertz CT molecular complexity index is 456. The Hall–Kier alpha value is -0.710. The van der Waals surface area contributed by atoms with E-state index in [1.165, 1.54) is 17.5 Å². The SMILES string of the molecule is CSCCC(N)C(=O)NCC1CCCc2ccccc21.Cl. The number of aryl methyl sites for hydroxylation is 1. The lowest BCUT2D eigenvalue weighted by Gasteiger charge is -2.26. The largest absolute Gasteiger partial charge is 0.354 e. The lowest BCUT2D eigenvalue weighted by atomic mass is 9.83. The maximum atomic E-state index is 12.0. The number of fused-ring (bicyclic) bond motifs is 1. The molecule has 0 spiro atoms. The first-order valence-electron chi connectivity index (χ1n) is 7.32. The molecule has 0 heterocycles. The van der Waals surface area contributed by atoms with Crippen molar-refractivity contribution in [3.8, 4) is 0 Å². The van der Waals surface area contributed by atoms with Crippen LogP contribution in [-0.2, 0) is 11.2 Å². The molecule has 0 radical (unpaired) electrons. The first kappa shape index (κ1) is 18.3. The maximum absolute atomic E-state index is 12.0. The van der Waals surface area contributed by atoms with E-state index in [-0.39, 0.29) is 24.4 Å².